The average Bonchev–Trinajstić information content (AvgIpc) is 2.35. The quantitative estimate of drug-likeness (QED) is 0.732. The Morgan fingerprint density at radius 2 is 1.82 bits per heavy atom. The van der Waals surface area contributed by atoms with E-state index in [4.69, 9.17) is 4.74 Å². The molecule has 0 aliphatic heterocycles. The van der Waals surface area contributed by atoms with Crippen LogP contribution in [0, 0.1) is 5.41 Å². The Balaban J connectivity index is 2.26. The Hall–Kier alpha value is -1.02. The van der Waals surface area contributed by atoms with E-state index in [9.17, 15) is 0 Å². The lowest BCUT2D eigenvalue weighted by atomic mass is 9.90. The topological polar surface area (TPSA) is 21.3 Å². The molecule has 0 bridgehead atoms. The van der Waals surface area contributed by atoms with Gasteiger partial charge in [-0.3, -0.25) is 0 Å². The Bertz CT molecular complexity index is 316. The largest absolute Gasteiger partial charge is 0.497 e. The van der Waals surface area contributed by atoms with E-state index in [1.54, 1.807) is 7.11 Å². The van der Waals surface area contributed by atoms with Crippen LogP contribution in [-0.4, -0.2) is 20.2 Å². The molecule has 2 heteroatoms. The summed E-state index contributed by atoms with van der Waals surface area (Å²) in [5, 5.41) is 3.52. The zero-order valence-corrected chi connectivity index (χ0v) is 11.5. The molecule has 0 aliphatic rings. The first-order valence-corrected chi connectivity index (χ1v) is 6.41. The molecule has 96 valence electrons. The van der Waals surface area contributed by atoms with E-state index in [1.165, 1.54) is 12.0 Å². The summed E-state index contributed by atoms with van der Waals surface area (Å²) in [6.45, 7) is 8.96. The molecule has 0 spiro atoms. The molecule has 17 heavy (non-hydrogen) atoms. The van der Waals surface area contributed by atoms with E-state index in [1.807, 2.05) is 12.1 Å². The Morgan fingerprint density at radius 1 is 1.18 bits per heavy atom. The third-order valence-electron chi connectivity index (χ3n) is 3.31. The monoisotopic (exact) mass is 235 g/mol. The Morgan fingerprint density at radius 3 is 2.35 bits per heavy atom. The number of ether oxygens (including phenoxy) is 1. The predicted molar refractivity (Wildman–Crippen MR) is 73.6 cm³/mol. The number of rotatable bonds is 7. The van der Waals surface area contributed by atoms with E-state index in [2.05, 4.69) is 38.2 Å². The number of methoxy groups -OCH3 is 1. The summed E-state index contributed by atoms with van der Waals surface area (Å²) in [6, 6.07) is 8.30. The lowest BCUT2D eigenvalue weighted by molar-refractivity contribution is 0.329. The molecule has 0 saturated heterocycles. The van der Waals surface area contributed by atoms with E-state index in [0.717, 1.165) is 25.3 Å². The molecule has 1 rings (SSSR count). The molecule has 0 heterocycles. The lowest BCUT2D eigenvalue weighted by Gasteiger charge is -2.22. The maximum Gasteiger partial charge on any atom is 0.118 e. The van der Waals surface area contributed by atoms with Gasteiger partial charge in [0.2, 0.25) is 0 Å². The van der Waals surface area contributed by atoms with Crippen LogP contribution in [0.15, 0.2) is 24.3 Å². The van der Waals surface area contributed by atoms with Crippen LogP contribution in [0.5, 0.6) is 5.75 Å². The zero-order chi connectivity index (χ0) is 12.7. The summed E-state index contributed by atoms with van der Waals surface area (Å²) < 4.78 is 5.14. The molecule has 1 aromatic carbocycles. The van der Waals surface area contributed by atoms with Crippen LogP contribution in [0.2, 0.25) is 0 Å². The molecular formula is C15H25NO. The second kappa shape index (κ2) is 6.65. The SMILES string of the molecule is CCC(C)(C)CNCCc1ccc(OC)cc1. The summed E-state index contributed by atoms with van der Waals surface area (Å²) in [7, 11) is 1.70. The first kappa shape index (κ1) is 14.0. The van der Waals surface area contributed by atoms with Crippen molar-refractivity contribution in [2.75, 3.05) is 20.2 Å². The summed E-state index contributed by atoms with van der Waals surface area (Å²) >= 11 is 0. The minimum atomic E-state index is 0.403. The fourth-order valence-corrected chi connectivity index (χ4v) is 1.58. The standard InChI is InChI=1S/C15H25NO/c1-5-15(2,3)12-16-11-10-13-6-8-14(17-4)9-7-13/h6-9,16H,5,10-12H2,1-4H3. The fraction of sp³-hybridized carbons (Fsp3) is 0.600. The van der Waals surface area contributed by atoms with Gasteiger partial charge in [0.15, 0.2) is 0 Å². The second-order valence-corrected chi connectivity index (χ2v) is 5.29. The smallest absolute Gasteiger partial charge is 0.118 e. The molecule has 0 saturated carbocycles. The van der Waals surface area contributed by atoms with Gasteiger partial charge in [0.05, 0.1) is 7.11 Å². The van der Waals surface area contributed by atoms with Crippen molar-refractivity contribution in [2.24, 2.45) is 5.41 Å². The van der Waals surface area contributed by atoms with Gasteiger partial charge in [-0.2, -0.15) is 0 Å². The predicted octanol–water partition coefficient (Wildman–Crippen LogP) is 3.26. The molecule has 0 unspecified atom stereocenters. The number of benzene rings is 1. The van der Waals surface area contributed by atoms with Crippen LogP contribution in [0.1, 0.15) is 32.8 Å². The highest BCUT2D eigenvalue weighted by atomic mass is 16.5. The van der Waals surface area contributed by atoms with Crippen LogP contribution < -0.4 is 10.1 Å². The molecule has 0 atom stereocenters. The molecule has 0 radical (unpaired) electrons. The second-order valence-electron chi connectivity index (χ2n) is 5.29. The van der Waals surface area contributed by atoms with Crippen molar-refractivity contribution >= 4 is 0 Å². The third-order valence-corrected chi connectivity index (χ3v) is 3.31. The zero-order valence-electron chi connectivity index (χ0n) is 11.5. The van der Waals surface area contributed by atoms with Crippen LogP contribution in [0.25, 0.3) is 0 Å². The first-order chi connectivity index (χ1) is 8.07. The average molecular weight is 235 g/mol. The van der Waals surface area contributed by atoms with E-state index in [0.29, 0.717) is 5.41 Å². The molecule has 0 amide bonds. The molecule has 2 nitrogen and oxygen atoms in total. The lowest BCUT2D eigenvalue weighted by Crippen LogP contribution is -2.30. The van der Waals surface area contributed by atoms with Crippen molar-refractivity contribution < 1.29 is 4.74 Å². The van der Waals surface area contributed by atoms with Crippen molar-refractivity contribution in [2.45, 2.75) is 33.6 Å². The number of hydrogen-bond acceptors (Lipinski definition) is 2. The molecule has 1 N–H and O–H groups in total. The summed E-state index contributed by atoms with van der Waals surface area (Å²) in [4.78, 5) is 0. The highest BCUT2D eigenvalue weighted by Crippen LogP contribution is 2.17. The third kappa shape index (κ3) is 5.22. The van der Waals surface area contributed by atoms with Crippen LogP contribution in [0.3, 0.4) is 0 Å². The van der Waals surface area contributed by atoms with Gasteiger partial charge in [0.1, 0.15) is 5.75 Å². The van der Waals surface area contributed by atoms with Crippen molar-refractivity contribution in [1.29, 1.82) is 0 Å². The maximum absolute atomic E-state index is 5.14. The highest BCUT2D eigenvalue weighted by molar-refractivity contribution is 5.27. The summed E-state index contributed by atoms with van der Waals surface area (Å²) in [6.07, 6.45) is 2.28. The van der Waals surface area contributed by atoms with Crippen molar-refractivity contribution in [3.63, 3.8) is 0 Å². The maximum atomic E-state index is 5.14. The number of hydrogen-bond donors (Lipinski definition) is 1. The summed E-state index contributed by atoms with van der Waals surface area (Å²) in [5.41, 5.74) is 1.76. The van der Waals surface area contributed by atoms with Gasteiger partial charge in [-0.05, 0) is 42.5 Å². The van der Waals surface area contributed by atoms with Crippen LogP contribution >= 0.6 is 0 Å². The van der Waals surface area contributed by atoms with Gasteiger partial charge < -0.3 is 10.1 Å². The molecule has 1 aromatic rings. The van der Waals surface area contributed by atoms with Gasteiger partial charge in [0.25, 0.3) is 0 Å². The first-order valence-electron chi connectivity index (χ1n) is 6.41. The van der Waals surface area contributed by atoms with Gasteiger partial charge in [0, 0.05) is 6.54 Å². The van der Waals surface area contributed by atoms with Crippen LogP contribution in [0.4, 0.5) is 0 Å². The minimum Gasteiger partial charge on any atom is -0.497 e. The van der Waals surface area contributed by atoms with E-state index in [-0.39, 0.29) is 0 Å². The van der Waals surface area contributed by atoms with Gasteiger partial charge in [-0.15, -0.1) is 0 Å². The van der Waals surface area contributed by atoms with Crippen molar-refractivity contribution in [3.05, 3.63) is 29.8 Å². The van der Waals surface area contributed by atoms with Gasteiger partial charge >= 0.3 is 0 Å². The normalized spacial score (nSPS) is 11.5. The minimum absolute atomic E-state index is 0.403. The highest BCUT2D eigenvalue weighted by Gasteiger charge is 2.13. The molecular weight excluding hydrogens is 210 g/mol. The fourth-order valence-electron chi connectivity index (χ4n) is 1.58. The molecule has 0 aromatic heterocycles. The van der Waals surface area contributed by atoms with Crippen LogP contribution in [-0.2, 0) is 6.42 Å². The number of nitrogens with one attached hydrogen (secondary N) is 1. The summed E-state index contributed by atoms with van der Waals surface area (Å²) in [5.74, 6) is 0.925. The van der Waals surface area contributed by atoms with Crippen molar-refractivity contribution in [1.82, 2.24) is 5.32 Å². The van der Waals surface area contributed by atoms with E-state index >= 15 is 0 Å². The Kier molecular flexibility index (Phi) is 5.49. The van der Waals surface area contributed by atoms with Crippen molar-refractivity contribution in [3.8, 4) is 5.75 Å². The molecule has 0 fully saturated rings. The molecule has 0 aliphatic carbocycles. The van der Waals surface area contributed by atoms with Gasteiger partial charge in [-0.1, -0.05) is 32.9 Å². The van der Waals surface area contributed by atoms with Gasteiger partial charge in [-0.25, -0.2) is 0 Å². The van der Waals surface area contributed by atoms with E-state index < -0.39 is 0 Å². The Labute approximate surface area is 105 Å².